The Morgan fingerprint density at radius 2 is 1.81 bits per heavy atom. The Kier molecular flexibility index (Phi) is 5.53. The lowest BCUT2D eigenvalue weighted by Crippen LogP contribution is -2.23. The summed E-state index contributed by atoms with van der Waals surface area (Å²) in [5.41, 5.74) is 0.905. The first-order valence-corrected chi connectivity index (χ1v) is 7.28. The smallest absolute Gasteiger partial charge is 0.193 e. The molecule has 21 heavy (non-hydrogen) atoms. The number of rotatable bonds is 7. The number of hydrogen-bond acceptors (Lipinski definition) is 4. The molecule has 0 saturated heterocycles. The van der Waals surface area contributed by atoms with Crippen molar-refractivity contribution in [1.29, 1.82) is 0 Å². The molecule has 4 nitrogen and oxygen atoms in total. The Balaban J connectivity index is 2.50. The predicted octanol–water partition coefficient (Wildman–Crippen LogP) is 4.04. The van der Waals surface area contributed by atoms with Crippen LogP contribution in [0.15, 0.2) is 34.7 Å². The van der Waals surface area contributed by atoms with Crippen molar-refractivity contribution in [2.75, 3.05) is 20.8 Å². The van der Waals surface area contributed by atoms with Gasteiger partial charge in [-0.2, -0.15) is 0 Å². The lowest BCUT2D eigenvalue weighted by Gasteiger charge is -2.21. The summed E-state index contributed by atoms with van der Waals surface area (Å²) in [6, 6.07) is 9.13. The highest BCUT2D eigenvalue weighted by Gasteiger charge is 2.24. The molecule has 114 valence electrons. The minimum Gasteiger partial charge on any atom is -0.496 e. The molecule has 2 aromatic rings. The van der Waals surface area contributed by atoms with Gasteiger partial charge in [-0.25, -0.2) is 0 Å². The summed E-state index contributed by atoms with van der Waals surface area (Å²) in [7, 11) is 3.29. The van der Waals surface area contributed by atoms with Crippen LogP contribution in [0, 0.1) is 0 Å². The van der Waals surface area contributed by atoms with Gasteiger partial charge in [0.1, 0.15) is 17.3 Å². The van der Waals surface area contributed by atoms with Crippen LogP contribution in [0.3, 0.4) is 0 Å². The number of halogens is 1. The molecule has 1 aromatic carbocycles. The summed E-state index contributed by atoms with van der Waals surface area (Å²) in [6.45, 7) is 2.95. The van der Waals surface area contributed by atoms with Crippen LogP contribution in [0.4, 0.5) is 0 Å². The van der Waals surface area contributed by atoms with Gasteiger partial charge in [-0.15, -0.1) is 0 Å². The molecule has 0 bridgehead atoms. The largest absolute Gasteiger partial charge is 0.496 e. The zero-order chi connectivity index (χ0) is 15.2. The average Bonchev–Trinajstić information content (AvgIpc) is 2.94. The lowest BCUT2D eigenvalue weighted by molar-refractivity contribution is 0.365. The molecule has 0 fully saturated rings. The van der Waals surface area contributed by atoms with Crippen molar-refractivity contribution < 1.29 is 13.9 Å². The van der Waals surface area contributed by atoms with Crippen molar-refractivity contribution in [3.05, 3.63) is 46.9 Å². The van der Waals surface area contributed by atoms with Gasteiger partial charge in [0.15, 0.2) is 5.22 Å². The lowest BCUT2D eigenvalue weighted by atomic mass is 10.0. The first kappa shape index (κ1) is 15.7. The third kappa shape index (κ3) is 3.52. The third-order valence-corrected chi connectivity index (χ3v) is 3.43. The highest BCUT2D eigenvalue weighted by molar-refractivity contribution is 6.28. The van der Waals surface area contributed by atoms with Crippen molar-refractivity contribution in [1.82, 2.24) is 5.32 Å². The molecule has 1 aromatic heterocycles. The second-order valence-electron chi connectivity index (χ2n) is 4.61. The van der Waals surface area contributed by atoms with E-state index in [1.807, 2.05) is 24.3 Å². The molecule has 0 radical (unpaired) electrons. The fraction of sp³-hybridized carbons (Fsp3) is 0.375. The molecule has 0 aliphatic heterocycles. The monoisotopic (exact) mass is 309 g/mol. The standard InChI is InChI=1S/C16H20ClNO3/c1-4-10-18-16(13-8-9-14(17)21-13)15-11(19-2)6-5-7-12(15)20-3/h5-9,16,18H,4,10H2,1-3H3. The highest BCUT2D eigenvalue weighted by Crippen LogP contribution is 2.38. The maximum absolute atomic E-state index is 5.92. The van der Waals surface area contributed by atoms with E-state index >= 15 is 0 Å². The second-order valence-corrected chi connectivity index (χ2v) is 4.98. The molecular weight excluding hydrogens is 290 g/mol. The maximum atomic E-state index is 5.92. The fourth-order valence-electron chi connectivity index (χ4n) is 2.28. The second kappa shape index (κ2) is 7.38. The van der Waals surface area contributed by atoms with E-state index in [0.29, 0.717) is 5.22 Å². The normalized spacial score (nSPS) is 12.2. The Labute approximate surface area is 130 Å². The summed E-state index contributed by atoms with van der Waals surface area (Å²) in [6.07, 6.45) is 1.00. The Morgan fingerprint density at radius 1 is 1.14 bits per heavy atom. The third-order valence-electron chi connectivity index (χ3n) is 3.23. The van der Waals surface area contributed by atoms with Gasteiger partial charge in [0.05, 0.1) is 25.8 Å². The summed E-state index contributed by atoms with van der Waals surface area (Å²) >= 11 is 5.92. The number of furan rings is 1. The summed E-state index contributed by atoms with van der Waals surface area (Å²) < 4.78 is 16.6. The molecule has 1 heterocycles. The van der Waals surface area contributed by atoms with Crippen LogP contribution in [-0.4, -0.2) is 20.8 Å². The van der Waals surface area contributed by atoms with Gasteiger partial charge in [0.2, 0.25) is 0 Å². The molecule has 1 unspecified atom stereocenters. The average molecular weight is 310 g/mol. The van der Waals surface area contributed by atoms with Crippen molar-refractivity contribution in [2.45, 2.75) is 19.4 Å². The zero-order valence-corrected chi connectivity index (χ0v) is 13.2. The quantitative estimate of drug-likeness (QED) is 0.838. The predicted molar refractivity (Wildman–Crippen MR) is 83.4 cm³/mol. The number of hydrogen-bond donors (Lipinski definition) is 1. The number of methoxy groups -OCH3 is 2. The first-order chi connectivity index (χ1) is 10.2. The molecule has 0 aliphatic carbocycles. The van der Waals surface area contributed by atoms with Gasteiger partial charge >= 0.3 is 0 Å². The van der Waals surface area contributed by atoms with Crippen LogP contribution in [0.2, 0.25) is 5.22 Å². The van der Waals surface area contributed by atoms with E-state index in [1.54, 1.807) is 20.3 Å². The molecule has 5 heteroatoms. The van der Waals surface area contributed by atoms with Crippen molar-refractivity contribution in [3.8, 4) is 11.5 Å². The molecule has 1 N–H and O–H groups in total. The topological polar surface area (TPSA) is 43.6 Å². The van der Waals surface area contributed by atoms with Crippen molar-refractivity contribution >= 4 is 11.6 Å². The Bertz CT molecular complexity index is 560. The molecular formula is C16H20ClNO3. The summed E-state index contributed by atoms with van der Waals surface area (Å²) in [5, 5.41) is 3.82. The van der Waals surface area contributed by atoms with E-state index in [4.69, 9.17) is 25.5 Å². The van der Waals surface area contributed by atoms with E-state index in [2.05, 4.69) is 12.2 Å². The molecule has 0 saturated carbocycles. The molecule has 0 spiro atoms. The minimum atomic E-state index is -0.177. The van der Waals surface area contributed by atoms with Gasteiger partial charge in [-0.1, -0.05) is 13.0 Å². The van der Waals surface area contributed by atoms with Crippen LogP contribution in [0.1, 0.15) is 30.7 Å². The van der Waals surface area contributed by atoms with Crippen LogP contribution < -0.4 is 14.8 Å². The number of ether oxygens (including phenoxy) is 2. The van der Waals surface area contributed by atoms with Gasteiger partial charge in [0, 0.05) is 0 Å². The van der Waals surface area contributed by atoms with E-state index < -0.39 is 0 Å². The van der Waals surface area contributed by atoms with Crippen molar-refractivity contribution in [2.24, 2.45) is 0 Å². The molecule has 1 atom stereocenters. The van der Waals surface area contributed by atoms with Crippen LogP contribution in [0.25, 0.3) is 0 Å². The molecule has 2 rings (SSSR count). The van der Waals surface area contributed by atoms with Gasteiger partial charge < -0.3 is 19.2 Å². The fourth-order valence-corrected chi connectivity index (χ4v) is 2.43. The number of benzene rings is 1. The van der Waals surface area contributed by atoms with Gasteiger partial charge in [0.25, 0.3) is 0 Å². The van der Waals surface area contributed by atoms with Gasteiger partial charge in [-0.3, -0.25) is 0 Å². The van der Waals surface area contributed by atoms with Crippen LogP contribution in [-0.2, 0) is 0 Å². The molecule has 0 aliphatic rings. The Hall–Kier alpha value is -1.65. The Morgan fingerprint density at radius 3 is 2.29 bits per heavy atom. The zero-order valence-electron chi connectivity index (χ0n) is 12.5. The number of nitrogens with one attached hydrogen (secondary N) is 1. The van der Waals surface area contributed by atoms with Gasteiger partial charge in [-0.05, 0) is 48.8 Å². The summed E-state index contributed by atoms with van der Waals surface area (Å²) in [5.74, 6) is 2.22. The van der Waals surface area contributed by atoms with E-state index in [0.717, 1.165) is 35.8 Å². The highest BCUT2D eigenvalue weighted by atomic mass is 35.5. The summed E-state index contributed by atoms with van der Waals surface area (Å²) in [4.78, 5) is 0. The van der Waals surface area contributed by atoms with Crippen LogP contribution in [0.5, 0.6) is 11.5 Å². The minimum absolute atomic E-state index is 0.177. The first-order valence-electron chi connectivity index (χ1n) is 6.90. The van der Waals surface area contributed by atoms with Crippen molar-refractivity contribution in [3.63, 3.8) is 0 Å². The SMILES string of the molecule is CCCNC(c1ccc(Cl)o1)c1c(OC)cccc1OC. The van der Waals surface area contributed by atoms with Crippen LogP contribution >= 0.6 is 11.6 Å². The van der Waals surface area contributed by atoms with E-state index in [-0.39, 0.29) is 6.04 Å². The molecule has 0 amide bonds. The maximum Gasteiger partial charge on any atom is 0.193 e. The van der Waals surface area contributed by atoms with E-state index in [1.165, 1.54) is 0 Å². The van der Waals surface area contributed by atoms with E-state index in [9.17, 15) is 0 Å².